The first-order valence-corrected chi connectivity index (χ1v) is 11.5. The number of aryl methyl sites for hydroxylation is 2. The lowest BCUT2D eigenvalue weighted by Gasteiger charge is -2.30. The van der Waals surface area contributed by atoms with Gasteiger partial charge in [-0.25, -0.2) is 4.79 Å². The number of nitrogens with one attached hydrogen (secondary N) is 2. The minimum absolute atomic E-state index is 0.174. The summed E-state index contributed by atoms with van der Waals surface area (Å²) in [5, 5.41) is 4.48. The summed E-state index contributed by atoms with van der Waals surface area (Å²) in [6.07, 6.45) is 0. The average molecular weight is 469 g/mol. The molecule has 2 heterocycles. The number of nitrogens with zero attached hydrogens (tertiary/aromatic N) is 2. The number of rotatable bonds is 6. The SMILES string of the molecule is Cc1ccc2cc(CN(CCN3CCOCC3)C(=O)Nc3ccc(Cl)cc3)c(=O)[nH]c2c1C. The highest BCUT2D eigenvalue weighted by Gasteiger charge is 2.19. The summed E-state index contributed by atoms with van der Waals surface area (Å²) in [4.78, 5) is 33.0. The van der Waals surface area contributed by atoms with Gasteiger partial charge in [0.15, 0.2) is 0 Å². The number of H-pyrrole nitrogens is 1. The van der Waals surface area contributed by atoms with Gasteiger partial charge in [0.2, 0.25) is 0 Å². The molecule has 1 fully saturated rings. The topological polar surface area (TPSA) is 77.7 Å². The molecule has 174 valence electrons. The standard InChI is InChI=1S/C25H29ClN4O3/c1-17-3-4-19-15-20(24(31)28-23(19)18(17)2)16-30(10-9-29-11-13-33-14-12-29)25(32)27-22-7-5-21(26)6-8-22/h3-8,15H,9-14,16H2,1-2H3,(H,27,32)(H,28,31). The van der Waals surface area contributed by atoms with Gasteiger partial charge >= 0.3 is 6.03 Å². The molecule has 2 N–H and O–H groups in total. The molecule has 8 heteroatoms. The number of amides is 2. The maximum absolute atomic E-state index is 13.2. The van der Waals surface area contributed by atoms with E-state index in [1.54, 1.807) is 29.2 Å². The van der Waals surface area contributed by atoms with Gasteiger partial charge in [0.1, 0.15) is 0 Å². The summed E-state index contributed by atoms with van der Waals surface area (Å²) in [7, 11) is 0. The van der Waals surface area contributed by atoms with E-state index in [0.29, 0.717) is 42.6 Å². The molecule has 1 aliphatic heterocycles. The Kier molecular flexibility index (Phi) is 7.33. The lowest BCUT2D eigenvalue weighted by atomic mass is 10.0. The number of urea groups is 1. The predicted octanol–water partition coefficient (Wildman–Crippen LogP) is 4.16. The third-order valence-electron chi connectivity index (χ3n) is 6.16. The van der Waals surface area contributed by atoms with Gasteiger partial charge in [-0.3, -0.25) is 9.69 Å². The quantitative estimate of drug-likeness (QED) is 0.569. The third kappa shape index (κ3) is 5.74. The zero-order chi connectivity index (χ0) is 23.4. The van der Waals surface area contributed by atoms with Crippen LogP contribution in [0, 0.1) is 13.8 Å². The van der Waals surface area contributed by atoms with E-state index in [9.17, 15) is 9.59 Å². The lowest BCUT2D eigenvalue weighted by molar-refractivity contribution is 0.0349. The Labute approximate surface area is 198 Å². The van der Waals surface area contributed by atoms with E-state index in [0.717, 1.165) is 35.1 Å². The summed E-state index contributed by atoms with van der Waals surface area (Å²) in [6, 6.07) is 12.7. The monoisotopic (exact) mass is 468 g/mol. The van der Waals surface area contributed by atoms with E-state index >= 15 is 0 Å². The Hall–Kier alpha value is -2.87. The predicted molar refractivity (Wildman–Crippen MR) is 132 cm³/mol. The fourth-order valence-corrected chi connectivity index (χ4v) is 4.09. The number of fused-ring (bicyclic) bond motifs is 1. The number of hydrogen-bond donors (Lipinski definition) is 2. The number of pyridine rings is 1. The minimum atomic E-state index is -0.259. The van der Waals surface area contributed by atoms with Crippen molar-refractivity contribution >= 4 is 34.2 Å². The van der Waals surface area contributed by atoms with Crippen molar-refractivity contribution in [2.24, 2.45) is 0 Å². The van der Waals surface area contributed by atoms with Gasteiger partial charge < -0.3 is 19.9 Å². The van der Waals surface area contributed by atoms with Gasteiger partial charge in [0.05, 0.1) is 25.3 Å². The van der Waals surface area contributed by atoms with Crippen LogP contribution >= 0.6 is 11.6 Å². The molecule has 0 saturated carbocycles. The molecule has 2 aromatic carbocycles. The zero-order valence-electron chi connectivity index (χ0n) is 19.0. The van der Waals surface area contributed by atoms with Gasteiger partial charge in [-0.15, -0.1) is 0 Å². The van der Waals surface area contributed by atoms with Crippen LogP contribution in [-0.2, 0) is 11.3 Å². The smallest absolute Gasteiger partial charge is 0.322 e. The van der Waals surface area contributed by atoms with E-state index in [-0.39, 0.29) is 18.1 Å². The molecular weight excluding hydrogens is 440 g/mol. The van der Waals surface area contributed by atoms with Crippen LogP contribution in [0.2, 0.25) is 5.02 Å². The molecule has 0 aliphatic carbocycles. The van der Waals surface area contributed by atoms with Crippen molar-refractivity contribution in [1.82, 2.24) is 14.8 Å². The first-order valence-electron chi connectivity index (χ1n) is 11.1. The molecule has 0 bridgehead atoms. The van der Waals surface area contributed by atoms with E-state index < -0.39 is 0 Å². The Morgan fingerprint density at radius 1 is 1.15 bits per heavy atom. The number of benzene rings is 2. The number of aromatic nitrogens is 1. The second-order valence-corrected chi connectivity index (χ2v) is 8.84. The first kappa shape index (κ1) is 23.3. The fourth-order valence-electron chi connectivity index (χ4n) is 3.97. The number of aromatic amines is 1. The van der Waals surface area contributed by atoms with Crippen molar-refractivity contribution in [3.05, 3.63) is 74.5 Å². The Bertz CT molecular complexity index is 1190. The highest BCUT2D eigenvalue weighted by molar-refractivity contribution is 6.30. The van der Waals surface area contributed by atoms with Gasteiger partial charge in [0.25, 0.3) is 5.56 Å². The van der Waals surface area contributed by atoms with Crippen molar-refractivity contribution < 1.29 is 9.53 Å². The van der Waals surface area contributed by atoms with Crippen LogP contribution in [0.15, 0.2) is 47.3 Å². The van der Waals surface area contributed by atoms with Gasteiger partial charge in [-0.2, -0.15) is 0 Å². The van der Waals surface area contributed by atoms with Crippen LogP contribution in [-0.4, -0.2) is 60.2 Å². The first-order chi connectivity index (χ1) is 15.9. The van der Waals surface area contributed by atoms with Crippen molar-refractivity contribution in [2.45, 2.75) is 20.4 Å². The maximum atomic E-state index is 13.2. The molecular formula is C25H29ClN4O3. The minimum Gasteiger partial charge on any atom is -0.379 e. The Morgan fingerprint density at radius 3 is 2.61 bits per heavy atom. The second-order valence-electron chi connectivity index (χ2n) is 8.41. The molecule has 7 nitrogen and oxygen atoms in total. The number of carbonyl (C=O) groups is 1. The van der Waals surface area contributed by atoms with E-state index in [4.69, 9.17) is 16.3 Å². The maximum Gasteiger partial charge on any atom is 0.322 e. The Balaban J connectivity index is 1.57. The summed E-state index contributed by atoms with van der Waals surface area (Å²) in [5.74, 6) is 0. The van der Waals surface area contributed by atoms with Gasteiger partial charge in [-0.1, -0.05) is 23.7 Å². The molecule has 1 saturated heterocycles. The number of carbonyl (C=O) groups excluding carboxylic acids is 1. The molecule has 33 heavy (non-hydrogen) atoms. The number of halogens is 1. The van der Waals surface area contributed by atoms with Gasteiger partial charge in [-0.05, 0) is 60.7 Å². The van der Waals surface area contributed by atoms with Crippen molar-refractivity contribution in [3.8, 4) is 0 Å². The molecule has 0 radical (unpaired) electrons. The highest BCUT2D eigenvalue weighted by Crippen LogP contribution is 2.20. The van der Waals surface area contributed by atoms with Crippen molar-refractivity contribution in [2.75, 3.05) is 44.7 Å². The fraction of sp³-hybridized carbons (Fsp3) is 0.360. The summed E-state index contributed by atoms with van der Waals surface area (Å²) >= 11 is 5.96. The van der Waals surface area contributed by atoms with E-state index in [2.05, 4.69) is 15.2 Å². The summed E-state index contributed by atoms with van der Waals surface area (Å²) in [6.45, 7) is 8.49. The van der Waals surface area contributed by atoms with Crippen LogP contribution in [0.25, 0.3) is 10.9 Å². The second kappa shape index (κ2) is 10.4. The van der Waals surface area contributed by atoms with Crippen LogP contribution in [0.4, 0.5) is 10.5 Å². The molecule has 0 atom stereocenters. The van der Waals surface area contributed by atoms with Gasteiger partial charge in [0, 0.05) is 42.5 Å². The van der Waals surface area contributed by atoms with Crippen molar-refractivity contribution in [1.29, 1.82) is 0 Å². The highest BCUT2D eigenvalue weighted by atomic mass is 35.5. The number of hydrogen-bond acceptors (Lipinski definition) is 4. The average Bonchev–Trinajstić information content (AvgIpc) is 2.82. The molecule has 2 amide bonds. The van der Waals surface area contributed by atoms with E-state index in [1.807, 2.05) is 32.0 Å². The summed E-state index contributed by atoms with van der Waals surface area (Å²) in [5.41, 5.74) is 4.06. The van der Waals surface area contributed by atoms with Crippen LogP contribution in [0.1, 0.15) is 16.7 Å². The van der Waals surface area contributed by atoms with Crippen molar-refractivity contribution in [3.63, 3.8) is 0 Å². The largest absolute Gasteiger partial charge is 0.379 e. The van der Waals surface area contributed by atoms with Crippen LogP contribution < -0.4 is 10.9 Å². The molecule has 1 aromatic heterocycles. The molecule has 4 rings (SSSR count). The van der Waals surface area contributed by atoms with Crippen LogP contribution in [0.3, 0.4) is 0 Å². The number of morpholine rings is 1. The van der Waals surface area contributed by atoms with E-state index in [1.165, 1.54) is 0 Å². The molecule has 0 spiro atoms. The Morgan fingerprint density at radius 2 is 1.88 bits per heavy atom. The normalized spacial score (nSPS) is 14.4. The third-order valence-corrected chi connectivity index (χ3v) is 6.41. The molecule has 0 unspecified atom stereocenters. The number of anilines is 1. The summed E-state index contributed by atoms with van der Waals surface area (Å²) < 4.78 is 5.42. The lowest BCUT2D eigenvalue weighted by Crippen LogP contribution is -2.44. The van der Waals surface area contributed by atoms with Crippen LogP contribution in [0.5, 0.6) is 0 Å². The number of ether oxygens (including phenoxy) is 1. The zero-order valence-corrected chi connectivity index (χ0v) is 19.7. The molecule has 3 aromatic rings. The molecule has 1 aliphatic rings.